The molecule has 2 unspecified atom stereocenters. The maximum atomic E-state index is 12.2. The van der Waals surface area contributed by atoms with Crippen LogP contribution in [0.25, 0.3) is 0 Å². The molecule has 100 valence electrons. The SMILES string of the molecule is CCC1CC1NS(=O)(=O)c1cc(CN)ccc1Cl. The van der Waals surface area contributed by atoms with Gasteiger partial charge in [-0.2, -0.15) is 0 Å². The first-order chi connectivity index (χ1) is 8.47. The molecule has 0 aliphatic heterocycles. The number of hydrogen-bond donors (Lipinski definition) is 2. The molecule has 1 aromatic carbocycles. The van der Waals surface area contributed by atoms with Crippen molar-refractivity contribution < 1.29 is 8.42 Å². The van der Waals surface area contributed by atoms with Crippen LogP contribution in [-0.4, -0.2) is 14.5 Å². The molecule has 1 aliphatic rings. The number of benzene rings is 1. The average molecular weight is 289 g/mol. The lowest BCUT2D eigenvalue weighted by Crippen LogP contribution is -2.27. The molecular weight excluding hydrogens is 272 g/mol. The third-order valence-corrected chi connectivity index (χ3v) is 5.25. The van der Waals surface area contributed by atoms with Crippen molar-refractivity contribution in [1.82, 2.24) is 4.72 Å². The summed E-state index contributed by atoms with van der Waals surface area (Å²) in [6.45, 7) is 2.35. The van der Waals surface area contributed by atoms with E-state index in [1.165, 1.54) is 6.07 Å². The van der Waals surface area contributed by atoms with Crippen LogP contribution in [0.4, 0.5) is 0 Å². The van der Waals surface area contributed by atoms with Crippen molar-refractivity contribution in [3.63, 3.8) is 0 Å². The highest BCUT2D eigenvalue weighted by Crippen LogP contribution is 2.35. The lowest BCUT2D eigenvalue weighted by molar-refractivity contribution is 0.576. The molecule has 4 nitrogen and oxygen atoms in total. The van der Waals surface area contributed by atoms with Gasteiger partial charge in [0.1, 0.15) is 4.90 Å². The lowest BCUT2D eigenvalue weighted by Gasteiger charge is -2.09. The molecule has 1 fully saturated rings. The molecule has 0 spiro atoms. The van der Waals surface area contributed by atoms with Gasteiger partial charge < -0.3 is 5.73 Å². The van der Waals surface area contributed by atoms with E-state index in [0.29, 0.717) is 12.5 Å². The van der Waals surface area contributed by atoms with E-state index in [4.69, 9.17) is 17.3 Å². The van der Waals surface area contributed by atoms with E-state index in [-0.39, 0.29) is 16.0 Å². The minimum absolute atomic E-state index is 0.0533. The van der Waals surface area contributed by atoms with Gasteiger partial charge in [-0.15, -0.1) is 0 Å². The van der Waals surface area contributed by atoms with Gasteiger partial charge in [0, 0.05) is 12.6 Å². The van der Waals surface area contributed by atoms with Crippen LogP contribution < -0.4 is 10.5 Å². The van der Waals surface area contributed by atoms with Crippen LogP contribution in [0.1, 0.15) is 25.3 Å². The first-order valence-electron chi connectivity index (χ1n) is 5.98. The van der Waals surface area contributed by atoms with E-state index in [1.807, 2.05) is 0 Å². The molecule has 1 saturated carbocycles. The summed E-state index contributed by atoms with van der Waals surface area (Å²) >= 11 is 5.95. The zero-order valence-corrected chi connectivity index (χ0v) is 11.8. The highest BCUT2D eigenvalue weighted by atomic mass is 35.5. The number of hydrogen-bond acceptors (Lipinski definition) is 3. The van der Waals surface area contributed by atoms with E-state index in [1.54, 1.807) is 12.1 Å². The Morgan fingerprint density at radius 3 is 2.78 bits per heavy atom. The highest BCUT2D eigenvalue weighted by Gasteiger charge is 2.39. The average Bonchev–Trinajstić information content (AvgIpc) is 3.07. The zero-order chi connectivity index (χ0) is 13.3. The normalized spacial score (nSPS) is 23.1. The van der Waals surface area contributed by atoms with Crippen LogP contribution in [0.5, 0.6) is 0 Å². The van der Waals surface area contributed by atoms with Crippen molar-refractivity contribution in [3.8, 4) is 0 Å². The predicted octanol–water partition coefficient (Wildman–Crippen LogP) is 1.88. The fourth-order valence-corrected chi connectivity index (χ4v) is 3.85. The molecule has 2 rings (SSSR count). The topological polar surface area (TPSA) is 72.2 Å². The summed E-state index contributed by atoms with van der Waals surface area (Å²) in [5, 5.41) is 0.230. The van der Waals surface area contributed by atoms with E-state index >= 15 is 0 Å². The van der Waals surface area contributed by atoms with Gasteiger partial charge in [-0.25, -0.2) is 13.1 Å². The van der Waals surface area contributed by atoms with Crippen molar-refractivity contribution in [3.05, 3.63) is 28.8 Å². The van der Waals surface area contributed by atoms with Gasteiger partial charge in [0.05, 0.1) is 5.02 Å². The second-order valence-corrected chi connectivity index (χ2v) is 6.69. The molecule has 2 atom stereocenters. The Morgan fingerprint density at radius 2 is 2.22 bits per heavy atom. The first-order valence-corrected chi connectivity index (χ1v) is 7.85. The first kappa shape index (κ1) is 13.8. The summed E-state index contributed by atoms with van der Waals surface area (Å²) in [7, 11) is -3.54. The molecule has 1 aromatic rings. The molecule has 0 saturated heterocycles. The van der Waals surface area contributed by atoms with Crippen LogP contribution in [0, 0.1) is 5.92 Å². The maximum absolute atomic E-state index is 12.2. The molecule has 0 radical (unpaired) electrons. The fraction of sp³-hybridized carbons (Fsp3) is 0.500. The summed E-state index contributed by atoms with van der Waals surface area (Å²) in [6.07, 6.45) is 1.90. The summed E-state index contributed by atoms with van der Waals surface area (Å²) < 4.78 is 27.1. The van der Waals surface area contributed by atoms with Crippen molar-refractivity contribution >= 4 is 21.6 Å². The van der Waals surface area contributed by atoms with Gasteiger partial charge >= 0.3 is 0 Å². The molecule has 1 aliphatic carbocycles. The molecular formula is C12H17ClN2O2S. The Labute approximate surface area is 113 Å². The fourth-order valence-electron chi connectivity index (χ4n) is 1.99. The van der Waals surface area contributed by atoms with E-state index in [2.05, 4.69) is 11.6 Å². The highest BCUT2D eigenvalue weighted by molar-refractivity contribution is 7.89. The summed E-state index contributed by atoms with van der Waals surface area (Å²) in [5.74, 6) is 0.455. The molecule has 0 aromatic heterocycles. The van der Waals surface area contributed by atoms with Gasteiger partial charge in [0.25, 0.3) is 0 Å². The second-order valence-electron chi connectivity index (χ2n) is 4.60. The summed E-state index contributed by atoms with van der Waals surface area (Å²) in [5.41, 5.74) is 6.26. The van der Waals surface area contributed by atoms with Crippen LogP contribution in [-0.2, 0) is 16.6 Å². The van der Waals surface area contributed by atoms with Crippen molar-refractivity contribution in [2.75, 3.05) is 0 Å². The Kier molecular flexibility index (Phi) is 3.96. The lowest BCUT2D eigenvalue weighted by atomic mass is 10.2. The molecule has 0 heterocycles. The Balaban J connectivity index is 2.24. The molecule has 0 amide bonds. The minimum Gasteiger partial charge on any atom is -0.326 e. The van der Waals surface area contributed by atoms with Gasteiger partial charge in [-0.3, -0.25) is 0 Å². The van der Waals surface area contributed by atoms with Gasteiger partial charge in [0.15, 0.2) is 0 Å². The summed E-state index contributed by atoms with van der Waals surface area (Å²) in [6, 6.07) is 4.89. The molecule has 0 bridgehead atoms. The van der Waals surface area contributed by atoms with Crippen LogP contribution in [0.15, 0.2) is 23.1 Å². The maximum Gasteiger partial charge on any atom is 0.242 e. The second kappa shape index (κ2) is 5.17. The number of nitrogens with one attached hydrogen (secondary N) is 1. The van der Waals surface area contributed by atoms with Gasteiger partial charge in [-0.1, -0.05) is 31.0 Å². The number of rotatable bonds is 5. The smallest absolute Gasteiger partial charge is 0.242 e. The minimum atomic E-state index is -3.54. The van der Waals surface area contributed by atoms with Crippen LogP contribution in [0.3, 0.4) is 0 Å². The van der Waals surface area contributed by atoms with E-state index < -0.39 is 10.0 Å². The van der Waals surface area contributed by atoms with Gasteiger partial charge in [-0.05, 0) is 30.0 Å². The number of sulfonamides is 1. The zero-order valence-electron chi connectivity index (χ0n) is 10.2. The van der Waals surface area contributed by atoms with E-state index in [9.17, 15) is 8.42 Å². The quantitative estimate of drug-likeness (QED) is 0.869. The largest absolute Gasteiger partial charge is 0.326 e. The predicted molar refractivity (Wildman–Crippen MR) is 71.9 cm³/mol. The number of halogens is 1. The van der Waals surface area contributed by atoms with Crippen molar-refractivity contribution in [2.24, 2.45) is 11.7 Å². The van der Waals surface area contributed by atoms with Crippen LogP contribution in [0.2, 0.25) is 5.02 Å². The molecule has 6 heteroatoms. The third-order valence-electron chi connectivity index (χ3n) is 3.27. The monoisotopic (exact) mass is 288 g/mol. The molecule has 18 heavy (non-hydrogen) atoms. The van der Waals surface area contributed by atoms with Crippen molar-refractivity contribution in [1.29, 1.82) is 0 Å². The Bertz CT molecular complexity index is 545. The molecule has 3 N–H and O–H groups in total. The third kappa shape index (κ3) is 2.85. The summed E-state index contributed by atoms with van der Waals surface area (Å²) in [4.78, 5) is 0.119. The number of nitrogens with two attached hydrogens (primary N) is 1. The van der Waals surface area contributed by atoms with Crippen molar-refractivity contribution in [2.45, 2.75) is 37.2 Å². The Morgan fingerprint density at radius 1 is 1.50 bits per heavy atom. The Hall–Kier alpha value is -0.620. The standard InChI is InChI=1S/C12H17ClN2O2S/c1-2-9-6-11(9)15-18(16,17)12-5-8(7-14)3-4-10(12)13/h3-5,9,11,15H,2,6-7,14H2,1H3. The van der Waals surface area contributed by atoms with Gasteiger partial charge in [0.2, 0.25) is 10.0 Å². The van der Waals surface area contributed by atoms with Crippen LogP contribution >= 0.6 is 11.6 Å². The van der Waals surface area contributed by atoms with E-state index in [0.717, 1.165) is 18.4 Å².